The number of nitrogens with one attached hydrogen (secondary N) is 1. The summed E-state index contributed by atoms with van der Waals surface area (Å²) in [6.45, 7) is 1.43. The number of rotatable bonds is 10. The van der Waals surface area contributed by atoms with Gasteiger partial charge in [0.1, 0.15) is 5.75 Å². The van der Waals surface area contributed by atoms with Gasteiger partial charge in [-0.3, -0.25) is 14.4 Å². The second kappa shape index (κ2) is 9.79. The first-order valence-corrected chi connectivity index (χ1v) is 8.90. The largest absolute Gasteiger partial charge is 0.497 e. The molecule has 1 atom stereocenters. The van der Waals surface area contributed by atoms with Gasteiger partial charge in [-0.15, -0.1) is 0 Å². The summed E-state index contributed by atoms with van der Waals surface area (Å²) >= 11 is 0. The third-order valence-electron chi connectivity index (χ3n) is 4.48. The summed E-state index contributed by atoms with van der Waals surface area (Å²) in [7, 11) is 1.61. The van der Waals surface area contributed by atoms with E-state index in [1.54, 1.807) is 12.0 Å². The molecule has 1 aliphatic heterocycles. The number of ether oxygens (including phenoxy) is 1. The maximum absolute atomic E-state index is 12.2. The lowest BCUT2D eigenvalue weighted by molar-refractivity contribution is -0.137. The highest BCUT2D eigenvalue weighted by molar-refractivity contribution is 5.89. The molecule has 2 amide bonds. The number of carbonyl (C=O) groups excluding carboxylic acids is 2. The van der Waals surface area contributed by atoms with Gasteiger partial charge in [-0.2, -0.15) is 0 Å². The molecule has 0 aliphatic carbocycles. The first-order valence-electron chi connectivity index (χ1n) is 8.90. The van der Waals surface area contributed by atoms with Gasteiger partial charge in [0.25, 0.3) is 0 Å². The standard InChI is InChI=1S/C19H26N2O5/c1-26-16-8-6-14(7-9-16)12-21-13-15(11-17(21)22)19(25)20-10-4-2-3-5-18(23)24/h6-9,15H,2-5,10-13H2,1H3,(H,20,25)(H,23,24). The van der Waals surface area contributed by atoms with Crippen LogP contribution >= 0.6 is 0 Å². The highest BCUT2D eigenvalue weighted by Gasteiger charge is 2.33. The summed E-state index contributed by atoms with van der Waals surface area (Å²) in [5, 5.41) is 11.4. The van der Waals surface area contributed by atoms with Crippen LogP contribution < -0.4 is 10.1 Å². The molecular formula is C19H26N2O5. The molecule has 0 radical (unpaired) electrons. The Bertz CT molecular complexity index is 629. The predicted octanol–water partition coefficient (Wildman–Crippen LogP) is 1.80. The molecule has 26 heavy (non-hydrogen) atoms. The van der Waals surface area contributed by atoms with E-state index in [0.29, 0.717) is 26.1 Å². The van der Waals surface area contributed by atoms with Crippen molar-refractivity contribution in [3.63, 3.8) is 0 Å². The topological polar surface area (TPSA) is 95.9 Å². The summed E-state index contributed by atoms with van der Waals surface area (Å²) in [6, 6.07) is 7.53. The lowest BCUT2D eigenvalue weighted by Gasteiger charge is -2.17. The van der Waals surface area contributed by atoms with E-state index in [1.165, 1.54) is 0 Å². The van der Waals surface area contributed by atoms with Crippen molar-refractivity contribution in [3.05, 3.63) is 29.8 Å². The molecule has 0 saturated carbocycles. The van der Waals surface area contributed by atoms with E-state index in [9.17, 15) is 14.4 Å². The van der Waals surface area contributed by atoms with Crippen molar-refractivity contribution in [2.45, 2.75) is 38.6 Å². The zero-order valence-corrected chi connectivity index (χ0v) is 15.1. The summed E-state index contributed by atoms with van der Waals surface area (Å²) in [5.74, 6) is -0.464. The minimum absolute atomic E-state index is 0.0116. The molecule has 1 saturated heterocycles. The minimum atomic E-state index is -0.796. The van der Waals surface area contributed by atoms with E-state index in [4.69, 9.17) is 9.84 Å². The fourth-order valence-corrected chi connectivity index (χ4v) is 2.99. The maximum atomic E-state index is 12.2. The van der Waals surface area contributed by atoms with Gasteiger partial charge in [0.2, 0.25) is 11.8 Å². The average molecular weight is 362 g/mol. The zero-order chi connectivity index (χ0) is 18.9. The molecule has 1 fully saturated rings. The molecule has 1 heterocycles. The monoisotopic (exact) mass is 362 g/mol. The minimum Gasteiger partial charge on any atom is -0.497 e. The van der Waals surface area contributed by atoms with Gasteiger partial charge < -0.3 is 20.1 Å². The fourth-order valence-electron chi connectivity index (χ4n) is 2.99. The third kappa shape index (κ3) is 6.06. The van der Waals surface area contributed by atoms with Crippen LogP contribution in [-0.4, -0.2) is 48.0 Å². The number of aliphatic carboxylic acids is 1. The van der Waals surface area contributed by atoms with Gasteiger partial charge >= 0.3 is 5.97 Å². The van der Waals surface area contributed by atoms with Crippen LogP contribution in [0.1, 0.15) is 37.7 Å². The smallest absolute Gasteiger partial charge is 0.303 e. The Morgan fingerprint density at radius 1 is 1.23 bits per heavy atom. The van der Waals surface area contributed by atoms with Gasteiger partial charge in [0, 0.05) is 32.5 Å². The van der Waals surface area contributed by atoms with Gasteiger partial charge in [0.05, 0.1) is 13.0 Å². The van der Waals surface area contributed by atoms with Crippen LogP contribution in [0.2, 0.25) is 0 Å². The van der Waals surface area contributed by atoms with Crippen molar-refractivity contribution >= 4 is 17.8 Å². The number of carboxylic acid groups (broad SMARTS) is 1. The fraction of sp³-hybridized carbons (Fsp3) is 0.526. The number of amides is 2. The number of benzene rings is 1. The highest BCUT2D eigenvalue weighted by Crippen LogP contribution is 2.21. The van der Waals surface area contributed by atoms with Crippen molar-refractivity contribution in [2.75, 3.05) is 20.2 Å². The van der Waals surface area contributed by atoms with Crippen molar-refractivity contribution in [3.8, 4) is 5.75 Å². The van der Waals surface area contributed by atoms with Gasteiger partial charge in [-0.25, -0.2) is 0 Å². The zero-order valence-electron chi connectivity index (χ0n) is 15.1. The number of carboxylic acids is 1. The Hall–Kier alpha value is -2.57. The van der Waals surface area contributed by atoms with Crippen LogP contribution in [0, 0.1) is 5.92 Å². The second-order valence-corrected chi connectivity index (χ2v) is 6.52. The molecule has 0 bridgehead atoms. The highest BCUT2D eigenvalue weighted by atomic mass is 16.5. The van der Waals surface area contributed by atoms with Gasteiger partial charge in [0.15, 0.2) is 0 Å². The molecule has 7 nitrogen and oxygen atoms in total. The van der Waals surface area contributed by atoms with E-state index in [-0.39, 0.29) is 30.6 Å². The number of methoxy groups -OCH3 is 1. The van der Waals surface area contributed by atoms with Crippen molar-refractivity contribution in [1.29, 1.82) is 0 Å². The lowest BCUT2D eigenvalue weighted by atomic mass is 10.1. The Labute approximate surface area is 153 Å². The second-order valence-electron chi connectivity index (χ2n) is 6.52. The van der Waals surface area contributed by atoms with Gasteiger partial charge in [-0.1, -0.05) is 18.6 Å². The van der Waals surface area contributed by atoms with Gasteiger partial charge in [-0.05, 0) is 30.5 Å². The number of likely N-dealkylation sites (tertiary alicyclic amines) is 1. The molecule has 7 heteroatoms. The first-order chi connectivity index (χ1) is 12.5. The Morgan fingerprint density at radius 3 is 2.62 bits per heavy atom. The molecule has 1 unspecified atom stereocenters. The summed E-state index contributed by atoms with van der Waals surface area (Å²) in [6.07, 6.45) is 2.52. The molecule has 0 aromatic heterocycles. The van der Waals surface area contributed by atoms with E-state index in [1.807, 2.05) is 24.3 Å². The molecule has 2 rings (SSSR count). The Kier molecular flexibility index (Phi) is 7.44. The molecule has 1 aliphatic rings. The van der Waals surface area contributed by atoms with Crippen LogP contribution in [-0.2, 0) is 20.9 Å². The first kappa shape index (κ1) is 19.8. The summed E-state index contributed by atoms with van der Waals surface area (Å²) in [5.41, 5.74) is 0.999. The number of hydrogen-bond acceptors (Lipinski definition) is 4. The molecular weight excluding hydrogens is 336 g/mol. The quantitative estimate of drug-likeness (QED) is 0.619. The number of nitrogens with zero attached hydrogens (tertiary/aromatic N) is 1. The Balaban J connectivity index is 1.72. The SMILES string of the molecule is COc1ccc(CN2CC(C(=O)NCCCCCC(=O)O)CC2=O)cc1. The van der Waals surface area contributed by atoms with Crippen LogP contribution in [0.25, 0.3) is 0 Å². The number of hydrogen-bond donors (Lipinski definition) is 2. The predicted molar refractivity (Wildman–Crippen MR) is 95.6 cm³/mol. The van der Waals surface area contributed by atoms with Crippen LogP contribution in [0.4, 0.5) is 0 Å². The third-order valence-corrected chi connectivity index (χ3v) is 4.48. The Morgan fingerprint density at radius 2 is 1.96 bits per heavy atom. The van der Waals surface area contributed by atoms with Crippen molar-refractivity contribution in [2.24, 2.45) is 5.92 Å². The van der Waals surface area contributed by atoms with Crippen molar-refractivity contribution < 1.29 is 24.2 Å². The van der Waals surface area contributed by atoms with Crippen LogP contribution in [0.3, 0.4) is 0 Å². The molecule has 1 aromatic carbocycles. The normalized spacial score (nSPS) is 16.6. The maximum Gasteiger partial charge on any atom is 0.303 e. The molecule has 1 aromatic rings. The van der Waals surface area contributed by atoms with E-state index in [0.717, 1.165) is 24.2 Å². The average Bonchev–Trinajstić information content (AvgIpc) is 2.99. The van der Waals surface area contributed by atoms with E-state index < -0.39 is 5.97 Å². The van der Waals surface area contributed by atoms with Crippen LogP contribution in [0.15, 0.2) is 24.3 Å². The van der Waals surface area contributed by atoms with Crippen LogP contribution in [0.5, 0.6) is 5.75 Å². The lowest BCUT2D eigenvalue weighted by Crippen LogP contribution is -2.33. The number of carbonyl (C=O) groups is 3. The van der Waals surface area contributed by atoms with E-state index in [2.05, 4.69) is 5.32 Å². The molecule has 2 N–H and O–H groups in total. The molecule has 142 valence electrons. The molecule has 0 spiro atoms. The summed E-state index contributed by atoms with van der Waals surface area (Å²) in [4.78, 5) is 36.5. The van der Waals surface area contributed by atoms with Crippen molar-refractivity contribution in [1.82, 2.24) is 10.2 Å². The van der Waals surface area contributed by atoms with E-state index >= 15 is 0 Å². The number of unbranched alkanes of at least 4 members (excludes halogenated alkanes) is 2. The summed E-state index contributed by atoms with van der Waals surface area (Å²) < 4.78 is 5.12.